The molecule has 25 heavy (non-hydrogen) atoms. The van der Waals surface area contributed by atoms with Crippen LogP contribution in [0.3, 0.4) is 0 Å². The second-order valence-electron chi connectivity index (χ2n) is 7.73. The standard InChI is InChI=1S/C19H25NO3SSi/c1-24(21,22)20-18(16-11-7-5-8-12-16)15-19(18,23-25(2,3)4)17-13-9-6-10-14-17/h5-14,20H,15H2,1-4H3. The molecule has 2 aromatic rings. The van der Waals surface area contributed by atoms with Crippen molar-refractivity contribution < 1.29 is 12.8 Å². The topological polar surface area (TPSA) is 55.4 Å². The molecule has 0 aliphatic heterocycles. The first-order valence-corrected chi connectivity index (χ1v) is 13.7. The van der Waals surface area contributed by atoms with Gasteiger partial charge < -0.3 is 4.43 Å². The lowest BCUT2D eigenvalue weighted by molar-refractivity contribution is 0.137. The van der Waals surface area contributed by atoms with Gasteiger partial charge in [0.25, 0.3) is 0 Å². The van der Waals surface area contributed by atoms with E-state index in [1.54, 1.807) is 0 Å². The highest BCUT2D eigenvalue weighted by atomic mass is 32.2. The van der Waals surface area contributed by atoms with E-state index in [1.807, 2.05) is 60.7 Å². The van der Waals surface area contributed by atoms with E-state index in [0.29, 0.717) is 6.42 Å². The van der Waals surface area contributed by atoms with E-state index in [2.05, 4.69) is 24.4 Å². The van der Waals surface area contributed by atoms with Gasteiger partial charge in [-0.3, -0.25) is 0 Å². The third-order valence-electron chi connectivity index (χ3n) is 4.43. The highest BCUT2D eigenvalue weighted by molar-refractivity contribution is 7.88. The first kappa shape index (κ1) is 18.3. The van der Waals surface area contributed by atoms with Crippen molar-refractivity contribution in [2.45, 2.75) is 37.2 Å². The van der Waals surface area contributed by atoms with Crippen molar-refractivity contribution in [3.05, 3.63) is 71.8 Å². The molecule has 0 heterocycles. The van der Waals surface area contributed by atoms with Gasteiger partial charge in [0.15, 0.2) is 8.32 Å². The van der Waals surface area contributed by atoms with Crippen LogP contribution in [0.15, 0.2) is 60.7 Å². The van der Waals surface area contributed by atoms with Crippen molar-refractivity contribution in [3.63, 3.8) is 0 Å². The van der Waals surface area contributed by atoms with Gasteiger partial charge in [0.1, 0.15) is 5.60 Å². The summed E-state index contributed by atoms with van der Waals surface area (Å²) in [6.07, 6.45) is 1.80. The van der Waals surface area contributed by atoms with E-state index in [4.69, 9.17) is 4.43 Å². The molecule has 0 bridgehead atoms. The fourth-order valence-corrected chi connectivity index (χ4v) is 6.04. The molecule has 1 N–H and O–H groups in total. The highest BCUT2D eigenvalue weighted by Crippen LogP contribution is 2.65. The van der Waals surface area contributed by atoms with E-state index >= 15 is 0 Å². The Hall–Kier alpha value is -1.47. The first-order chi connectivity index (χ1) is 11.6. The minimum absolute atomic E-state index is 0.589. The molecule has 1 fully saturated rings. The van der Waals surface area contributed by atoms with Crippen LogP contribution in [0.2, 0.25) is 19.6 Å². The summed E-state index contributed by atoms with van der Waals surface area (Å²) in [4.78, 5) is 0. The summed E-state index contributed by atoms with van der Waals surface area (Å²) in [7, 11) is -5.36. The Balaban J connectivity index is 2.18. The minimum Gasteiger partial charge on any atom is -0.406 e. The molecule has 0 amide bonds. The molecule has 3 rings (SSSR count). The Morgan fingerprint density at radius 2 is 1.40 bits per heavy atom. The molecule has 134 valence electrons. The van der Waals surface area contributed by atoms with Crippen LogP contribution in [0.5, 0.6) is 0 Å². The Bertz CT molecular complexity index is 849. The van der Waals surface area contributed by atoms with Crippen LogP contribution in [0, 0.1) is 0 Å². The fourth-order valence-electron chi connectivity index (χ4n) is 3.64. The van der Waals surface area contributed by atoms with Crippen molar-refractivity contribution in [3.8, 4) is 0 Å². The molecule has 1 saturated carbocycles. The average Bonchev–Trinajstić information content (AvgIpc) is 3.14. The molecule has 6 heteroatoms. The number of rotatable bonds is 6. The third-order valence-corrected chi connectivity index (χ3v) is 6.11. The van der Waals surface area contributed by atoms with E-state index < -0.39 is 29.5 Å². The van der Waals surface area contributed by atoms with Gasteiger partial charge in [-0.05, 0) is 30.8 Å². The molecule has 1 aliphatic rings. The molecule has 0 saturated heterocycles. The lowest BCUT2D eigenvalue weighted by atomic mass is 9.97. The van der Waals surface area contributed by atoms with Crippen LogP contribution in [0.4, 0.5) is 0 Å². The van der Waals surface area contributed by atoms with Crippen LogP contribution in [0.25, 0.3) is 0 Å². The summed E-state index contributed by atoms with van der Waals surface area (Å²) >= 11 is 0. The van der Waals surface area contributed by atoms with Crippen LogP contribution >= 0.6 is 0 Å². The number of benzene rings is 2. The van der Waals surface area contributed by atoms with Crippen LogP contribution in [-0.2, 0) is 25.6 Å². The second-order valence-corrected chi connectivity index (χ2v) is 13.9. The summed E-state index contributed by atoms with van der Waals surface area (Å²) in [6.45, 7) is 6.39. The predicted molar refractivity (Wildman–Crippen MR) is 103 cm³/mol. The lowest BCUT2D eigenvalue weighted by Gasteiger charge is -2.33. The van der Waals surface area contributed by atoms with Gasteiger partial charge in [0.2, 0.25) is 10.0 Å². The van der Waals surface area contributed by atoms with Crippen molar-refractivity contribution in [2.24, 2.45) is 0 Å². The number of hydrogen-bond acceptors (Lipinski definition) is 3. The Morgan fingerprint density at radius 1 is 0.920 bits per heavy atom. The zero-order valence-corrected chi connectivity index (χ0v) is 16.9. The van der Waals surface area contributed by atoms with Crippen molar-refractivity contribution >= 4 is 18.3 Å². The van der Waals surface area contributed by atoms with Gasteiger partial charge in [-0.15, -0.1) is 0 Å². The van der Waals surface area contributed by atoms with Gasteiger partial charge in [0.05, 0.1) is 11.8 Å². The zero-order chi connectivity index (χ0) is 18.3. The van der Waals surface area contributed by atoms with Gasteiger partial charge in [0, 0.05) is 6.42 Å². The second kappa shape index (κ2) is 6.05. The predicted octanol–water partition coefficient (Wildman–Crippen LogP) is 3.58. The van der Waals surface area contributed by atoms with Crippen molar-refractivity contribution in [1.82, 2.24) is 4.72 Å². The maximum Gasteiger partial charge on any atom is 0.209 e. The van der Waals surface area contributed by atoms with Gasteiger partial charge in [-0.25, -0.2) is 13.1 Å². The normalized spacial score (nSPS) is 26.4. The molecule has 0 aromatic heterocycles. The summed E-state index contributed by atoms with van der Waals surface area (Å²) in [6, 6.07) is 19.7. The number of nitrogens with one attached hydrogen (secondary N) is 1. The van der Waals surface area contributed by atoms with Crippen LogP contribution < -0.4 is 4.72 Å². The van der Waals surface area contributed by atoms with Crippen molar-refractivity contribution in [2.75, 3.05) is 6.26 Å². The maximum atomic E-state index is 12.2. The summed E-state index contributed by atoms with van der Waals surface area (Å²) in [5, 5.41) is 0. The van der Waals surface area contributed by atoms with E-state index in [9.17, 15) is 8.42 Å². The molecular weight excluding hydrogens is 350 g/mol. The summed E-state index contributed by atoms with van der Waals surface area (Å²) in [5.74, 6) is 0. The van der Waals surface area contributed by atoms with Crippen LogP contribution in [0.1, 0.15) is 17.5 Å². The SMILES string of the molecule is C[Si](C)(C)OC1(c2ccccc2)CC1(NS(C)(=O)=O)c1ccccc1. The first-order valence-electron chi connectivity index (χ1n) is 8.38. The van der Waals surface area contributed by atoms with Gasteiger partial charge >= 0.3 is 0 Å². The molecule has 0 radical (unpaired) electrons. The Kier molecular flexibility index (Phi) is 4.44. The lowest BCUT2D eigenvalue weighted by Crippen LogP contribution is -2.44. The van der Waals surface area contributed by atoms with E-state index in [-0.39, 0.29) is 0 Å². The maximum absolute atomic E-state index is 12.2. The Morgan fingerprint density at radius 3 is 1.84 bits per heavy atom. The largest absolute Gasteiger partial charge is 0.406 e. The fraction of sp³-hybridized carbons (Fsp3) is 0.368. The third kappa shape index (κ3) is 3.58. The smallest absolute Gasteiger partial charge is 0.209 e. The monoisotopic (exact) mass is 375 g/mol. The number of sulfonamides is 1. The molecule has 1 aliphatic carbocycles. The minimum atomic E-state index is -3.42. The van der Waals surface area contributed by atoms with E-state index in [0.717, 1.165) is 11.1 Å². The quantitative estimate of drug-likeness (QED) is 0.785. The molecule has 4 nitrogen and oxygen atoms in total. The van der Waals surface area contributed by atoms with Gasteiger partial charge in [-0.1, -0.05) is 60.7 Å². The molecular formula is C19H25NO3SSi. The highest BCUT2D eigenvalue weighted by Gasteiger charge is 2.72. The van der Waals surface area contributed by atoms with Crippen LogP contribution in [-0.4, -0.2) is 23.0 Å². The molecule has 0 spiro atoms. The summed E-state index contributed by atoms with van der Waals surface area (Å²) < 4.78 is 33.9. The number of hydrogen-bond donors (Lipinski definition) is 1. The zero-order valence-electron chi connectivity index (χ0n) is 15.1. The molecule has 2 atom stereocenters. The Labute approximate surface area is 151 Å². The van der Waals surface area contributed by atoms with E-state index in [1.165, 1.54) is 6.26 Å². The van der Waals surface area contributed by atoms with Gasteiger partial charge in [-0.2, -0.15) is 0 Å². The average molecular weight is 376 g/mol. The molecule has 2 unspecified atom stereocenters. The van der Waals surface area contributed by atoms with Crippen molar-refractivity contribution in [1.29, 1.82) is 0 Å². The summed E-state index contributed by atoms with van der Waals surface area (Å²) in [5.41, 5.74) is 0.493. The molecule has 2 aromatic carbocycles.